The monoisotopic (exact) mass is 279 g/mol. The van der Waals surface area contributed by atoms with Gasteiger partial charge in [0.25, 0.3) is 0 Å². The Balaban J connectivity index is 2.83. The van der Waals surface area contributed by atoms with Crippen LogP contribution in [0.3, 0.4) is 0 Å². The maximum atomic E-state index is 12.3. The molecule has 1 rings (SSSR count). The van der Waals surface area contributed by atoms with E-state index >= 15 is 0 Å². The lowest BCUT2D eigenvalue weighted by Crippen LogP contribution is -2.47. The van der Waals surface area contributed by atoms with E-state index in [1.54, 1.807) is 18.2 Å². The lowest BCUT2D eigenvalue weighted by Gasteiger charge is -2.35. The zero-order chi connectivity index (χ0) is 15.3. The van der Waals surface area contributed by atoms with Crippen molar-refractivity contribution in [1.29, 1.82) is 0 Å². The number of para-hydroxylation sites is 1. The molecule has 0 bridgehead atoms. The minimum atomic E-state index is -0.936. The molecule has 0 saturated heterocycles. The summed E-state index contributed by atoms with van der Waals surface area (Å²) in [6.45, 7) is 5.73. The molecule has 0 aromatic heterocycles. The third kappa shape index (κ3) is 4.57. The van der Waals surface area contributed by atoms with E-state index in [1.807, 2.05) is 20.8 Å². The third-order valence-electron chi connectivity index (χ3n) is 2.99. The van der Waals surface area contributed by atoms with E-state index in [1.165, 1.54) is 11.0 Å². The van der Waals surface area contributed by atoms with Crippen LogP contribution in [0.25, 0.3) is 0 Å². The van der Waals surface area contributed by atoms with Gasteiger partial charge in [0.05, 0.1) is 12.8 Å². The first kappa shape index (κ1) is 16.0. The van der Waals surface area contributed by atoms with Crippen molar-refractivity contribution in [3.63, 3.8) is 0 Å². The standard InChI is InChI=1S/C15H21NO4/c1-15(2,3)16(9-8-14(19)20)13(18)10-11-6-4-5-7-12(11)17/h4-7,17H,8-10H2,1-3H3,(H,19,20). The first-order valence-electron chi connectivity index (χ1n) is 6.51. The van der Waals surface area contributed by atoms with Crippen molar-refractivity contribution >= 4 is 11.9 Å². The van der Waals surface area contributed by atoms with Crippen LogP contribution >= 0.6 is 0 Å². The number of carbonyl (C=O) groups excluding carboxylic acids is 1. The maximum Gasteiger partial charge on any atom is 0.305 e. The van der Waals surface area contributed by atoms with Crippen molar-refractivity contribution in [2.45, 2.75) is 39.2 Å². The molecule has 110 valence electrons. The van der Waals surface area contributed by atoms with Crippen molar-refractivity contribution in [3.8, 4) is 5.75 Å². The Labute approximate surface area is 118 Å². The fourth-order valence-corrected chi connectivity index (χ4v) is 1.96. The van der Waals surface area contributed by atoms with E-state index in [-0.39, 0.29) is 31.0 Å². The largest absolute Gasteiger partial charge is 0.508 e. The summed E-state index contributed by atoms with van der Waals surface area (Å²) >= 11 is 0. The molecule has 0 saturated carbocycles. The summed E-state index contributed by atoms with van der Waals surface area (Å²) in [7, 11) is 0. The summed E-state index contributed by atoms with van der Waals surface area (Å²) in [5.74, 6) is -1.05. The molecule has 0 unspecified atom stereocenters. The van der Waals surface area contributed by atoms with E-state index in [0.717, 1.165) is 0 Å². The molecule has 0 radical (unpaired) electrons. The molecule has 0 atom stereocenters. The lowest BCUT2D eigenvalue weighted by molar-refractivity contribution is -0.140. The number of hydrogen-bond donors (Lipinski definition) is 2. The second kappa shape index (κ2) is 6.41. The fraction of sp³-hybridized carbons (Fsp3) is 0.467. The first-order valence-corrected chi connectivity index (χ1v) is 6.51. The van der Waals surface area contributed by atoms with Crippen molar-refractivity contribution in [2.24, 2.45) is 0 Å². The van der Waals surface area contributed by atoms with Gasteiger partial charge in [-0.25, -0.2) is 0 Å². The fourth-order valence-electron chi connectivity index (χ4n) is 1.96. The molecular weight excluding hydrogens is 258 g/mol. The summed E-state index contributed by atoms with van der Waals surface area (Å²) in [4.78, 5) is 24.6. The van der Waals surface area contributed by atoms with Crippen LogP contribution in [0.5, 0.6) is 5.75 Å². The average molecular weight is 279 g/mol. The molecule has 0 spiro atoms. The number of phenolic OH excluding ortho intramolecular Hbond substituents is 1. The van der Waals surface area contributed by atoms with Gasteiger partial charge in [0.2, 0.25) is 5.91 Å². The Bertz CT molecular complexity index is 491. The molecule has 1 amide bonds. The van der Waals surface area contributed by atoms with Gasteiger partial charge >= 0.3 is 5.97 Å². The number of hydrogen-bond acceptors (Lipinski definition) is 3. The van der Waals surface area contributed by atoms with E-state index in [0.29, 0.717) is 5.56 Å². The van der Waals surface area contributed by atoms with Crippen LogP contribution in [0.2, 0.25) is 0 Å². The number of benzene rings is 1. The van der Waals surface area contributed by atoms with Crippen molar-refractivity contribution in [2.75, 3.05) is 6.54 Å². The number of rotatable bonds is 5. The van der Waals surface area contributed by atoms with E-state index in [9.17, 15) is 14.7 Å². The third-order valence-corrected chi connectivity index (χ3v) is 2.99. The number of nitrogens with zero attached hydrogens (tertiary/aromatic N) is 1. The van der Waals surface area contributed by atoms with Crippen LogP contribution in [0.4, 0.5) is 0 Å². The highest BCUT2D eigenvalue weighted by Gasteiger charge is 2.27. The molecule has 0 aliphatic heterocycles. The van der Waals surface area contributed by atoms with Crippen LogP contribution in [-0.2, 0) is 16.0 Å². The Morgan fingerprint density at radius 2 is 1.80 bits per heavy atom. The molecule has 2 N–H and O–H groups in total. The second-order valence-electron chi connectivity index (χ2n) is 5.67. The number of amides is 1. The highest BCUT2D eigenvalue weighted by Crippen LogP contribution is 2.20. The van der Waals surface area contributed by atoms with Gasteiger partial charge in [-0.15, -0.1) is 0 Å². The molecule has 0 heterocycles. The van der Waals surface area contributed by atoms with Crippen LogP contribution in [0, 0.1) is 0 Å². The van der Waals surface area contributed by atoms with Gasteiger partial charge in [-0.05, 0) is 26.8 Å². The number of phenols is 1. The van der Waals surface area contributed by atoms with Crippen LogP contribution in [0.15, 0.2) is 24.3 Å². The molecule has 5 heteroatoms. The van der Waals surface area contributed by atoms with Gasteiger partial charge < -0.3 is 15.1 Å². The first-order chi connectivity index (χ1) is 9.21. The molecule has 1 aromatic rings. The summed E-state index contributed by atoms with van der Waals surface area (Å²) in [5, 5.41) is 18.5. The number of carboxylic acids is 1. The molecular formula is C15H21NO4. The summed E-state index contributed by atoms with van der Waals surface area (Å²) in [5.41, 5.74) is 0.0822. The minimum Gasteiger partial charge on any atom is -0.508 e. The quantitative estimate of drug-likeness (QED) is 0.864. The van der Waals surface area contributed by atoms with Gasteiger partial charge in [0, 0.05) is 17.6 Å². The molecule has 1 aromatic carbocycles. The summed E-state index contributed by atoms with van der Waals surface area (Å²) < 4.78 is 0. The van der Waals surface area contributed by atoms with E-state index in [2.05, 4.69) is 0 Å². The number of carbonyl (C=O) groups is 2. The second-order valence-corrected chi connectivity index (χ2v) is 5.67. The Morgan fingerprint density at radius 3 is 2.30 bits per heavy atom. The maximum absolute atomic E-state index is 12.3. The highest BCUT2D eigenvalue weighted by molar-refractivity contribution is 5.80. The van der Waals surface area contributed by atoms with E-state index < -0.39 is 11.5 Å². The lowest BCUT2D eigenvalue weighted by atomic mass is 10.0. The minimum absolute atomic E-state index is 0.0591. The normalized spacial score (nSPS) is 11.2. The predicted molar refractivity (Wildman–Crippen MR) is 75.5 cm³/mol. The Morgan fingerprint density at radius 1 is 1.20 bits per heavy atom. The molecule has 0 aliphatic carbocycles. The van der Waals surface area contributed by atoms with Gasteiger partial charge in [0.15, 0.2) is 0 Å². The molecule has 0 fully saturated rings. The molecule has 5 nitrogen and oxygen atoms in total. The van der Waals surface area contributed by atoms with Crippen molar-refractivity contribution in [3.05, 3.63) is 29.8 Å². The number of aromatic hydroxyl groups is 1. The van der Waals surface area contributed by atoms with Crippen molar-refractivity contribution < 1.29 is 19.8 Å². The molecule has 20 heavy (non-hydrogen) atoms. The highest BCUT2D eigenvalue weighted by atomic mass is 16.4. The van der Waals surface area contributed by atoms with Crippen molar-refractivity contribution in [1.82, 2.24) is 4.90 Å². The smallest absolute Gasteiger partial charge is 0.305 e. The summed E-state index contributed by atoms with van der Waals surface area (Å²) in [6, 6.07) is 6.66. The zero-order valence-corrected chi connectivity index (χ0v) is 12.1. The van der Waals surface area contributed by atoms with Crippen LogP contribution < -0.4 is 0 Å². The predicted octanol–water partition coefficient (Wildman–Crippen LogP) is 2.04. The summed E-state index contributed by atoms with van der Waals surface area (Å²) in [6.07, 6.45) is -0.0344. The van der Waals surface area contributed by atoms with Crippen LogP contribution in [0.1, 0.15) is 32.8 Å². The SMILES string of the molecule is CC(C)(C)N(CCC(=O)O)C(=O)Cc1ccccc1O. The van der Waals surface area contributed by atoms with E-state index in [4.69, 9.17) is 5.11 Å². The average Bonchev–Trinajstić information content (AvgIpc) is 2.30. The zero-order valence-electron chi connectivity index (χ0n) is 12.1. The Kier molecular flexibility index (Phi) is 5.13. The topological polar surface area (TPSA) is 77.8 Å². The molecule has 0 aliphatic rings. The number of carboxylic acid groups (broad SMARTS) is 1. The van der Waals surface area contributed by atoms with Gasteiger partial charge in [0.1, 0.15) is 5.75 Å². The number of aliphatic carboxylic acids is 1. The Hall–Kier alpha value is -2.04. The van der Waals surface area contributed by atoms with Gasteiger partial charge in [-0.1, -0.05) is 18.2 Å². The van der Waals surface area contributed by atoms with Crippen LogP contribution in [-0.4, -0.2) is 39.1 Å². The van der Waals surface area contributed by atoms with Gasteiger partial charge in [-0.2, -0.15) is 0 Å². The van der Waals surface area contributed by atoms with Gasteiger partial charge in [-0.3, -0.25) is 9.59 Å².